The molecule has 0 aliphatic heterocycles. The zero-order chi connectivity index (χ0) is 19.7. The number of H-pyrrole nitrogens is 1. The summed E-state index contributed by atoms with van der Waals surface area (Å²) in [5.74, 6) is 0.796. The van der Waals surface area contributed by atoms with E-state index in [1.165, 1.54) is 4.52 Å². The van der Waals surface area contributed by atoms with Gasteiger partial charge in [0.25, 0.3) is 11.5 Å². The number of hydrogen-bond donors (Lipinski definition) is 1. The highest BCUT2D eigenvalue weighted by Crippen LogP contribution is 2.33. The number of fused-ring (bicyclic) bond motifs is 1. The van der Waals surface area contributed by atoms with E-state index in [1.807, 2.05) is 37.4 Å². The van der Waals surface area contributed by atoms with E-state index in [2.05, 4.69) is 27.0 Å². The average molecular weight is 395 g/mol. The van der Waals surface area contributed by atoms with Crippen molar-refractivity contribution < 1.29 is 0 Å². The normalized spacial score (nSPS) is 11.1. The van der Waals surface area contributed by atoms with Gasteiger partial charge in [-0.3, -0.25) is 9.78 Å². The lowest BCUT2D eigenvalue weighted by Crippen LogP contribution is -2.16. The summed E-state index contributed by atoms with van der Waals surface area (Å²) < 4.78 is 1.27. The van der Waals surface area contributed by atoms with Gasteiger partial charge in [0.1, 0.15) is 0 Å². The van der Waals surface area contributed by atoms with Gasteiger partial charge in [0.2, 0.25) is 5.78 Å². The Hall–Kier alpha value is -3.19. The number of anilines is 2. The van der Waals surface area contributed by atoms with Gasteiger partial charge in [-0.25, -0.2) is 0 Å². The lowest BCUT2D eigenvalue weighted by atomic mass is 10.1. The van der Waals surface area contributed by atoms with E-state index in [0.29, 0.717) is 16.7 Å². The van der Waals surface area contributed by atoms with E-state index in [-0.39, 0.29) is 5.56 Å². The Balaban J connectivity index is 1.76. The van der Waals surface area contributed by atoms with Crippen LogP contribution >= 0.6 is 11.6 Å². The molecule has 0 bridgehead atoms. The average Bonchev–Trinajstić information content (AvgIpc) is 3.14. The van der Waals surface area contributed by atoms with E-state index < -0.39 is 0 Å². The fraction of sp³-hybridized carbons (Fsp3) is 0.200. The highest BCUT2D eigenvalue weighted by atomic mass is 35.5. The molecule has 28 heavy (non-hydrogen) atoms. The Kier molecular flexibility index (Phi) is 4.83. The van der Waals surface area contributed by atoms with Crippen LogP contribution in [0.2, 0.25) is 5.02 Å². The number of rotatable bonds is 5. The Morgan fingerprint density at radius 1 is 1.21 bits per heavy atom. The molecule has 8 heteroatoms. The Bertz CT molecular complexity index is 1180. The molecule has 3 heterocycles. The van der Waals surface area contributed by atoms with Gasteiger partial charge in [0, 0.05) is 36.8 Å². The molecule has 0 unspecified atom stereocenters. The topological polar surface area (TPSA) is 79.2 Å². The van der Waals surface area contributed by atoms with E-state index in [9.17, 15) is 4.79 Å². The standard InChI is InChI=1S/C20H19ClN6O/c1-3-5-15-11-18(28)27-19(23-15)24-20(25-27)26(2)17-10-13(7-8-16(17)21)14-6-4-9-22-12-14/h4,6-12H,3,5H2,1-2H3,(H,23,24,25). The zero-order valence-electron chi connectivity index (χ0n) is 15.6. The summed E-state index contributed by atoms with van der Waals surface area (Å²) >= 11 is 6.44. The summed E-state index contributed by atoms with van der Waals surface area (Å²) in [5, 5.41) is 4.91. The molecule has 1 N–H and O–H groups in total. The van der Waals surface area contributed by atoms with Crippen LogP contribution in [0.1, 0.15) is 19.0 Å². The first-order valence-corrected chi connectivity index (χ1v) is 9.37. The van der Waals surface area contributed by atoms with Gasteiger partial charge < -0.3 is 9.88 Å². The van der Waals surface area contributed by atoms with E-state index in [1.54, 1.807) is 23.4 Å². The molecule has 0 fully saturated rings. The second-order valence-electron chi connectivity index (χ2n) is 6.50. The maximum Gasteiger partial charge on any atom is 0.275 e. The largest absolute Gasteiger partial charge is 0.327 e. The molecule has 0 amide bonds. The zero-order valence-corrected chi connectivity index (χ0v) is 16.3. The Labute approximate surface area is 166 Å². The van der Waals surface area contributed by atoms with Gasteiger partial charge in [0.05, 0.1) is 10.7 Å². The van der Waals surface area contributed by atoms with Crippen molar-refractivity contribution >= 4 is 29.0 Å². The Morgan fingerprint density at radius 3 is 2.82 bits per heavy atom. The molecule has 142 valence electrons. The fourth-order valence-corrected chi connectivity index (χ4v) is 3.31. The van der Waals surface area contributed by atoms with Gasteiger partial charge in [-0.1, -0.05) is 37.1 Å². The summed E-state index contributed by atoms with van der Waals surface area (Å²) in [6.07, 6.45) is 5.24. The van der Waals surface area contributed by atoms with E-state index >= 15 is 0 Å². The van der Waals surface area contributed by atoms with Crippen molar-refractivity contribution in [2.45, 2.75) is 19.8 Å². The molecule has 0 atom stereocenters. The molecule has 4 rings (SSSR count). The van der Waals surface area contributed by atoms with Gasteiger partial charge >= 0.3 is 0 Å². The molecular formula is C20H19ClN6O. The number of aryl methyl sites for hydroxylation is 1. The van der Waals surface area contributed by atoms with Crippen LogP contribution in [0.3, 0.4) is 0 Å². The van der Waals surface area contributed by atoms with Crippen LogP contribution in [0.15, 0.2) is 53.6 Å². The van der Waals surface area contributed by atoms with Crippen molar-refractivity contribution in [1.29, 1.82) is 0 Å². The fourth-order valence-electron chi connectivity index (χ4n) is 3.06. The minimum atomic E-state index is -0.209. The van der Waals surface area contributed by atoms with Crippen LogP contribution in [0.4, 0.5) is 11.6 Å². The van der Waals surface area contributed by atoms with Crippen molar-refractivity contribution in [3.05, 3.63) is 69.9 Å². The van der Waals surface area contributed by atoms with Crippen LogP contribution in [0, 0.1) is 0 Å². The highest BCUT2D eigenvalue weighted by Gasteiger charge is 2.16. The van der Waals surface area contributed by atoms with Crippen LogP contribution in [-0.4, -0.2) is 31.6 Å². The summed E-state index contributed by atoms with van der Waals surface area (Å²) in [6.45, 7) is 2.06. The maximum absolute atomic E-state index is 12.3. The van der Waals surface area contributed by atoms with Crippen molar-refractivity contribution in [3.63, 3.8) is 0 Å². The predicted octanol–water partition coefficient (Wildman–Crippen LogP) is 3.85. The molecule has 7 nitrogen and oxygen atoms in total. The van der Waals surface area contributed by atoms with Crippen LogP contribution in [-0.2, 0) is 6.42 Å². The van der Waals surface area contributed by atoms with Crippen molar-refractivity contribution in [1.82, 2.24) is 24.6 Å². The number of halogens is 1. The summed E-state index contributed by atoms with van der Waals surface area (Å²) in [7, 11) is 1.82. The van der Waals surface area contributed by atoms with Crippen molar-refractivity contribution in [2.24, 2.45) is 0 Å². The molecule has 0 spiro atoms. The third kappa shape index (κ3) is 3.36. The van der Waals surface area contributed by atoms with Gasteiger partial charge in [0.15, 0.2) is 0 Å². The van der Waals surface area contributed by atoms with Crippen molar-refractivity contribution in [2.75, 3.05) is 11.9 Å². The number of pyridine rings is 1. The van der Waals surface area contributed by atoms with Gasteiger partial charge in [-0.2, -0.15) is 9.50 Å². The second kappa shape index (κ2) is 7.44. The predicted molar refractivity (Wildman–Crippen MR) is 110 cm³/mol. The number of nitrogens with one attached hydrogen (secondary N) is 1. The minimum absolute atomic E-state index is 0.209. The highest BCUT2D eigenvalue weighted by molar-refractivity contribution is 6.33. The number of aromatic amines is 1. The quantitative estimate of drug-likeness (QED) is 0.556. The first-order valence-electron chi connectivity index (χ1n) is 8.99. The maximum atomic E-state index is 12.3. The third-order valence-corrected chi connectivity index (χ3v) is 4.82. The lowest BCUT2D eigenvalue weighted by Gasteiger charge is -2.17. The first kappa shape index (κ1) is 18.2. The SMILES string of the molecule is CCCc1cc(=O)n2nc(N(C)c3cc(-c4cccnc4)ccc3Cl)nc2[nH]1. The molecule has 3 aromatic heterocycles. The summed E-state index contributed by atoms with van der Waals surface area (Å²) in [6, 6.07) is 11.2. The molecular weight excluding hydrogens is 376 g/mol. The van der Waals surface area contributed by atoms with Crippen LogP contribution < -0.4 is 10.5 Å². The number of hydrogen-bond acceptors (Lipinski definition) is 5. The van der Waals surface area contributed by atoms with E-state index in [0.717, 1.165) is 35.3 Å². The molecule has 0 aliphatic carbocycles. The molecule has 1 aromatic carbocycles. The summed E-state index contributed by atoms with van der Waals surface area (Å²) in [4.78, 5) is 25.9. The third-order valence-electron chi connectivity index (χ3n) is 4.50. The van der Waals surface area contributed by atoms with Gasteiger partial charge in [-0.15, -0.1) is 5.10 Å². The summed E-state index contributed by atoms with van der Waals surface area (Å²) in [5.41, 5.74) is 3.33. The monoisotopic (exact) mass is 394 g/mol. The molecule has 0 radical (unpaired) electrons. The van der Waals surface area contributed by atoms with Crippen LogP contribution in [0.5, 0.6) is 0 Å². The molecule has 0 saturated heterocycles. The molecule has 0 aliphatic rings. The number of nitrogens with zero attached hydrogens (tertiary/aromatic N) is 5. The minimum Gasteiger partial charge on any atom is -0.327 e. The molecule has 0 saturated carbocycles. The molecule has 4 aromatic rings. The number of benzene rings is 1. The smallest absolute Gasteiger partial charge is 0.275 e. The first-order chi connectivity index (χ1) is 13.6. The van der Waals surface area contributed by atoms with Crippen molar-refractivity contribution in [3.8, 4) is 11.1 Å². The number of aromatic nitrogens is 5. The second-order valence-corrected chi connectivity index (χ2v) is 6.90. The lowest BCUT2D eigenvalue weighted by molar-refractivity contribution is 0.836. The van der Waals surface area contributed by atoms with E-state index in [4.69, 9.17) is 11.6 Å². The Morgan fingerprint density at radius 2 is 2.07 bits per heavy atom. The van der Waals surface area contributed by atoms with Crippen LogP contribution in [0.25, 0.3) is 16.9 Å². The van der Waals surface area contributed by atoms with Gasteiger partial charge in [-0.05, 0) is 30.2 Å².